The van der Waals surface area contributed by atoms with Crippen LogP contribution in [0.5, 0.6) is 0 Å². The van der Waals surface area contributed by atoms with E-state index in [2.05, 4.69) is 0 Å². The van der Waals surface area contributed by atoms with Gasteiger partial charge >= 0.3 is 6.09 Å². The van der Waals surface area contributed by atoms with E-state index in [1.165, 1.54) is 12.8 Å². The van der Waals surface area contributed by atoms with Crippen molar-refractivity contribution in [2.24, 2.45) is 5.92 Å². The molecule has 0 bridgehead atoms. The lowest BCUT2D eigenvalue weighted by atomic mass is 10.0. The lowest BCUT2D eigenvalue weighted by molar-refractivity contribution is -0.00106. The van der Waals surface area contributed by atoms with Gasteiger partial charge in [-0.15, -0.1) is 0 Å². The molecule has 1 heterocycles. The van der Waals surface area contributed by atoms with Gasteiger partial charge in [-0.25, -0.2) is 4.79 Å². The number of amides is 2. The number of benzene rings is 2. The van der Waals surface area contributed by atoms with Crippen molar-refractivity contribution >= 4 is 33.9 Å². The maximum Gasteiger partial charge on any atom is 0.410 e. The molecule has 33 heavy (non-hydrogen) atoms. The van der Waals surface area contributed by atoms with E-state index >= 15 is 0 Å². The highest BCUT2D eigenvalue weighted by molar-refractivity contribution is 7.91. The second-order valence-electron chi connectivity index (χ2n) is 10.1. The minimum atomic E-state index is -0.895. The molecule has 1 aliphatic heterocycles. The molecule has 2 aromatic carbocycles. The van der Waals surface area contributed by atoms with Crippen LogP contribution in [0.4, 0.5) is 4.79 Å². The molecule has 0 radical (unpaired) electrons. The van der Waals surface area contributed by atoms with Crippen LogP contribution < -0.4 is 0 Å². The van der Waals surface area contributed by atoms with Gasteiger partial charge < -0.3 is 19.1 Å². The van der Waals surface area contributed by atoms with Crippen LogP contribution in [0.25, 0.3) is 10.8 Å². The number of carbonyl (C=O) groups is 2. The molecule has 2 aromatic rings. The number of hydrogen-bond donors (Lipinski definition) is 0. The molecule has 2 atom stereocenters. The fraction of sp³-hybridized carbons (Fsp3) is 0.538. The van der Waals surface area contributed by atoms with E-state index in [0.717, 1.165) is 16.5 Å². The van der Waals surface area contributed by atoms with Gasteiger partial charge in [0.05, 0.1) is 6.04 Å². The van der Waals surface area contributed by atoms with Gasteiger partial charge in [0, 0.05) is 37.5 Å². The van der Waals surface area contributed by atoms with Gasteiger partial charge in [-0.05, 0) is 50.5 Å². The Balaban J connectivity index is 1.49. The average molecular weight is 471 g/mol. The van der Waals surface area contributed by atoms with Gasteiger partial charge in [0.25, 0.3) is 5.91 Å². The Morgan fingerprint density at radius 2 is 1.82 bits per heavy atom. The van der Waals surface area contributed by atoms with Crippen molar-refractivity contribution in [2.75, 3.05) is 31.1 Å². The zero-order valence-corrected chi connectivity index (χ0v) is 20.6. The molecular formula is C26H34N2O4S. The highest BCUT2D eigenvalue weighted by Crippen LogP contribution is 2.31. The van der Waals surface area contributed by atoms with E-state index < -0.39 is 16.8 Å². The molecule has 2 aliphatic rings. The van der Waals surface area contributed by atoms with Crippen molar-refractivity contribution in [3.05, 3.63) is 48.0 Å². The molecule has 178 valence electrons. The first kappa shape index (κ1) is 23.9. The molecule has 4 rings (SSSR count). The summed E-state index contributed by atoms with van der Waals surface area (Å²) in [5.41, 5.74) is 0.0849. The Bertz CT molecular complexity index is 996. The molecule has 0 spiro atoms. The molecule has 0 N–H and O–H groups in total. The van der Waals surface area contributed by atoms with Crippen molar-refractivity contribution in [2.45, 2.75) is 51.7 Å². The first-order valence-corrected chi connectivity index (χ1v) is 13.3. The molecule has 2 fully saturated rings. The molecule has 0 aromatic heterocycles. The highest BCUT2D eigenvalue weighted by atomic mass is 32.2. The number of nitrogens with zero attached hydrogens (tertiary/aromatic N) is 2. The maximum absolute atomic E-state index is 13.5. The summed E-state index contributed by atoms with van der Waals surface area (Å²) in [6.07, 6.45) is 2.58. The third-order valence-electron chi connectivity index (χ3n) is 6.22. The first-order chi connectivity index (χ1) is 15.7. The number of fused-ring (bicyclic) bond motifs is 1. The monoisotopic (exact) mass is 470 g/mol. The van der Waals surface area contributed by atoms with E-state index in [4.69, 9.17) is 4.74 Å². The summed E-state index contributed by atoms with van der Waals surface area (Å²) in [4.78, 5) is 29.9. The number of piperazine rings is 1. The fourth-order valence-corrected chi connectivity index (χ4v) is 5.89. The van der Waals surface area contributed by atoms with E-state index in [-0.39, 0.29) is 18.0 Å². The van der Waals surface area contributed by atoms with Gasteiger partial charge in [-0.1, -0.05) is 47.6 Å². The van der Waals surface area contributed by atoms with Crippen LogP contribution in [0.2, 0.25) is 0 Å². The molecule has 1 aliphatic carbocycles. The number of carbonyl (C=O) groups excluding carboxylic acids is 2. The van der Waals surface area contributed by atoms with Crippen LogP contribution in [-0.4, -0.2) is 69.1 Å². The van der Waals surface area contributed by atoms with Gasteiger partial charge in [0.2, 0.25) is 0 Å². The minimum absolute atomic E-state index is 0.0280. The third kappa shape index (κ3) is 6.21. The normalized spacial score (nSPS) is 20.1. The second kappa shape index (κ2) is 9.94. The Morgan fingerprint density at radius 3 is 2.55 bits per heavy atom. The van der Waals surface area contributed by atoms with Crippen LogP contribution in [0.3, 0.4) is 0 Å². The Morgan fingerprint density at radius 1 is 1.09 bits per heavy atom. The molecule has 1 saturated heterocycles. The molecule has 1 saturated carbocycles. The predicted octanol–water partition coefficient (Wildman–Crippen LogP) is 4.45. The molecule has 1 unspecified atom stereocenters. The quantitative estimate of drug-likeness (QED) is 0.585. The van der Waals surface area contributed by atoms with Crippen molar-refractivity contribution in [3.8, 4) is 0 Å². The summed E-state index contributed by atoms with van der Waals surface area (Å²) < 4.78 is 18.2. The molecular weight excluding hydrogens is 436 g/mol. The van der Waals surface area contributed by atoms with Crippen LogP contribution in [0.15, 0.2) is 42.5 Å². The highest BCUT2D eigenvalue weighted by Gasteiger charge is 2.36. The summed E-state index contributed by atoms with van der Waals surface area (Å²) in [7, 11) is 0. The second-order valence-corrected chi connectivity index (χ2v) is 11.8. The van der Waals surface area contributed by atoms with E-state index in [9.17, 15) is 14.1 Å². The summed E-state index contributed by atoms with van der Waals surface area (Å²) in [5.74, 6) is 1.86. The van der Waals surface area contributed by atoms with Crippen molar-refractivity contribution < 1.29 is 18.9 Å². The summed E-state index contributed by atoms with van der Waals surface area (Å²) >= 11 is -0.895. The zero-order valence-electron chi connectivity index (χ0n) is 19.8. The Labute approximate surface area is 199 Å². The predicted molar refractivity (Wildman–Crippen MR) is 132 cm³/mol. The number of rotatable bonds is 6. The number of hydrogen-bond acceptors (Lipinski definition) is 4. The van der Waals surface area contributed by atoms with Gasteiger partial charge in [0.1, 0.15) is 17.1 Å². The van der Waals surface area contributed by atoms with Gasteiger partial charge in [-0.2, -0.15) is 0 Å². The summed E-state index contributed by atoms with van der Waals surface area (Å²) in [6, 6.07) is 13.4. The SMILES string of the molecule is CC(C)(C)OC(=O)N1CCN(C(=O)c2cccc3ccccc23)C[C@@H]1CC[S+]([O-])CC1CC1. The molecule has 6 nitrogen and oxygen atoms in total. The zero-order chi connectivity index (χ0) is 23.6. The third-order valence-corrected chi connectivity index (χ3v) is 7.75. The van der Waals surface area contributed by atoms with Crippen LogP contribution in [-0.2, 0) is 15.9 Å². The minimum Gasteiger partial charge on any atom is -0.616 e. The lowest BCUT2D eigenvalue weighted by Crippen LogP contribution is -2.57. The fourth-order valence-electron chi connectivity index (χ4n) is 4.33. The van der Waals surface area contributed by atoms with E-state index in [0.29, 0.717) is 43.3 Å². The topological polar surface area (TPSA) is 72.9 Å². The standard InChI is InChI=1S/C26H34N2O4S/c1-26(2,3)32-25(30)28-15-14-27(17-21(28)13-16-33(31)18-19-11-12-19)24(29)23-10-6-8-20-7-4-5-9-22(20)23/h4-10,19,21H,11-18H2,1-3H3/t21-,33?/m0/s1. The van der Waals surface area contributed by atoms with E-state index in [1.54, 1.807) is 4.90 Å². The maximum atomic E-state index is 13.5. The average Bonchev–Trinajstić information content (AvgIpc) is 3.59. The lowest BCUT2D eigenvalue weighted by Gasteiger charge is -2.41. The number of ether oxygens (including phenoxy) is 1. The summed E-state index contributed by atoms with van der Waals surface area (Å²) in [6.45, 7) is 6.83. The summed E-state index contributed by atoms with van der Waals surface area (Å²) in [5, 5.41) is 1.96. The first-order valence-electron chi connectivity index (χ1n) is 11.8. The van der Waals surface area contributed by atoms with Crippen LogP contribution >= 0.6 is 0 Å². The molecule has 2 amide bonds. The largest absolute Gasteiger partial charge is 0.616 e. The van der Waals surface area contributed by atoms with Crippen molar-refractivity contribution in [3.63, 3.8) is 0 Å². The Kier molecular flexibility index (Phi) is 7.19. The van der Waals surface area contributed by atoms with Crippen LogP contribution in [0, 0.1) is 5.92 Å². The Hall–Kier alpha value is -2.25. The van der Waals surface area contributed by atoms with Gasteiger partial charge in [-0.3, -0.25) is 4.79 Å². The molecule has 7 heteroatoms. The van der Waals surface area contributed by atoms with Crippen LogP contribution in [0.1, 0.15) is 50.4 Å². The van der Waals surface area contributed by atoms with Gasteiger partial charge in [0.15, 0.2) is 0 Å². The van der Waals surface area contributed by atoms with E-state index in [1.807, 2.05) is 68.1 Å². The smallest absolute Gasteiger partial charge is 0.410 e. The van der Waals surface area contributed by atoms with Crippen molar-refractivity contribution in [1.29, 1.82) is 0 Å². The van der Waals surface area contributed by atoms with Crippen molar-refractivity contribution in [1.82, 2.24) is 9.80 Å².